The predicted octanol–water partition coefficient (Wildman–Crippen LogP) is 5.35. The Hall–Kier alpha value is -2.24. The van der Waals surface area contributed by atoms with E-state index in [1.54, 1.807) is 41.9 Å². The van der Waals surface area contributed by atoms with E-state index in [4.69, 9.17) is 16.3 Å². The van der Waals surface area contributed by atoms with Crippen molar-refractivity contribution < 1.29 is 22.7 Å². The number of nitrogens with one attached hydrogen (secondary N) is 1. The van der Waals surface area contributed by atoms with Crippen molar-refractivity contribution in [1.29, 1.82) is 0 Å². The Kier molecular flexibility index (Phi) is 7.73. The number of rotatable bonds is 7. The predicted molar refractivity (Wildman–Crippen MR) is 135 cm³/mol. The number of esters is 1. The summed E-state index contributed by atoms with van der Waals surface area (Å²) in [5.74, 6) is -1.10. The van der Waals surface area contributed by atoms with Crippen molar-refractivity contribution in [3.63, 3.8) is 0 Å². The summed E-state index contributed by atoms with van der Waals surface area (Å²) in [7, 11) is -3.53. The number of nitrogens with zero attached hydrogens (tertiary/aromatic N) is 1. The van der Waals surface area contributed by atoms with Gasteiger partial charge in [0.25, 0.3) is 10.0 Å². The molecule has 7 nitrogen and oxygen atoms in total. The van der Waals surface area contributed by atoms with Crippen molar-refractivity contribution in [2.45, 2.75) is 24.0 Å². The quantitative estimate of drug-likeness (QED) is 0.409. The minimum atomic E-state index is -3.53. The Labute approximate surface area is 211 Å². The van der Waals surface area contributed by atoms with E-state index in [2.05, 4.69) is 5.32 Å². The highest BCUT2D eigenvalue weighted by atomic mass is 35.5. The maximum atomic E-state index is 13.0. The smallest absolute Gasteiger partial charge is 0.341 e. The van der Waals surface area contributed by atoms with Crippen LogP contribution in [0.1, 0.15) is 30.1 Å². The number of thiophene rings is 2. The summed E-state index contributed by atoms with van der Waals surface area (Å²) in [6.45, 7) is 2.47. The number of anilines is 1. The number of sulfonamides is 1. The van der Waals surface area contributed by atoms with Crippen LogP contribution in [-0.4, -0.2) is 44.3 Å². The largest absolute Gasteiger partial charge is 0.462 e. The van der Waals surface area contributed by atoms with Crippen LogP contribution in [0.15, 0.2) is 51.4 Å². The number of carbonyl (C=O) groups excluding carboxylic acids is 2. The Balaban J connectivity index is 1.49. The molecule has 0 atom stereocenters. The van der Waals surface area contributed by atoms with Crippen molar-refractivity contribution in [3.05, 3.63) is 57.7 Å². The molecule has 1 aliphatic rings. The molecule has 180 valence electrons. The standard InChI is InChI=1S/C23H23ClN2O5S3/c1-2-31-23(28)20-18(15-5-7-17(24)8-6-15)14-33-22(20)25-21(27)16-9-11-26(12-10-16)34(29,30)19-4-3-13-32-19/h3-8,13-14,16H,2,9-12H2,1H3,(H,25,27). The molecule has 0 radical (unpaired) electrons. The molecule has 1 aliphatic heterocycles. The number of benzene rings is 1. The molecule has 3 aromatic rings. The van der Waals surface area contributed by atoms with Crippen molar-refractivity contribution in [3.8, 4) is 11.1 Å². The highest BCUT2D eigenvalue weighted by Crippen LogP contribution is 2.37. The lowest BCUT2D eigenvalue weighted by Crippen LogP contribution is -2.41. The first-order valence-corrected chi connectivity index (χ1v) is 14.3. The summed E-state index contributed by atoms with van der Waals surface area (Å²) in [6, 6.07) is 10.4. The Morgan fingerprint density at radius 3 is 2.47 bits per heavy atom. The van der Waals surface area contributed by atoms with Crippen LogP contribution >= 0.6 is 34.3 Å². The fourth-order valence-corrected chi connectivity index (χ4v) is 7.51. The minimum absolute atomic E-state index is 0.208. The number of carbonyl (C=O) groups is 2. The molecule has 0 unspecified atom stereocenters. The fraction of sp³-hybridized carbons (Fsp3) is 0.304. The van der Waals surface area contributed by atoms with Crippen molar-refractivity contribution in [1.82, 2.24) is 4.31 Å². The molecule has 1 saturated heterocycles. The molecule has 1 N–H and O–H groups in total. The van der Waals surface area contributed by atoms with E-state index in [0.717, 1.165) is 5.56 Å². The van der Waals surface area contributed by atoms with Gasteiger partial charge in [0.05, 0.1) is 6.61 Å². The van der Waals surface area contributed by atoms with Gasteiger partial charge < -0.3 is 10.1 Å². The molecule has 1 fully saturated rings. The normalized spacial score (nSPS) is 15.2. The van der Waals surface area contributed by atoms with Gasteiger partial charge in [0.1, 0.15) is 14.8 Å². The lowest BCUT2D eigenvalue weighted by atomic mass is 9.97. The van der Waals surface area contributed by atoms with Crippen molar-refractivity contribution in [2.75, 3.05) is 25.0 Å². The van der Waals surface area contributed by atoms with Crippen LogP contribution in [0.25, 0.3) is 11.1 Å². The number of piperidine rings is 1. The summed E-state index contributed by atoms with van der Waals surface area (Å²) in [4.78, 5) is 25.8. The third-order valence-corrected chi connectivity index (χ3v) is 10.00. The zero-order valence-corrected chi connectivity index (χ0v) is 21.5. The third kappa shape index (κ3) is 5.21. The van der Waals surface area contributed by atoms with Crippen LogP contribution < -0.4 is 5.32 Å². The first kappa shape index (κ1) is 24.9. The SMILES string of the molecule is CCOC(=O)c1c(-c2ccc(Cl)cc2)csc1NC(=O)C1CCN(S(=O)(=O)c2cccs2)CC1. The van der Waals surface area contributed by atoms with Crippen LogP contribution in [0.5, 0.6) is 0 Å². The van der Waals surface area contributed by atoms with E-state index in [0.29, 0.717) is 38.2 Å². The highest BCUT2D eigenvalue weighted by molar-refractivity contribution is 7.91. The molecule has 1 amide bonds. The summed E-state index contributed by atoms with van der Waals surface area (Å²) in [6.07, 6.45) is 0.807. The van der Waals surface area contributed by atoms with E-state index < -0.39 is 16.0 Å². The van der Waals surface area contributed by atoms with E-state index in [9.17, 15) is 18.0 Å². The lowest BCUT2D eigenvalue weighted by molar-refractivity contribution is -0.120. The first-order chi connectivity index (χ1) is 16.3. The molecule has 0 aliphatic carbocycles. The fourth-order valence-electron chi connectivity index (χ4n) is 3.81. The number of ether oxygens (including phenoxy) is 1. The first-order valence-electron chi connectivity index (χ1n) is 10.7. The second-order valence-corrected chi connectivity index (χ2v) is 12.1. The van der Waals surface area contributed by atoms with Gasteiger partial charge in [-0.15, -0.1) is 22.7 Å². The monoisotopic (exact) mass is 538 g/mol. The Morgan fingerprint density at radius 1 is 1.15 bits per heavy atom. The van der Waals surface area contributed by atoms with Crippen LogP contribution in [0.4, 0.5) is 5.00 Å². The van der Waals surface area contributed by atoms with Crippen LogP contribution in [-0.2, 0) is 19.6 Å². The van der Waals surface area contributed by atoms with Gasteiger partial charge >= 0.3 is 5.97 Å². The molecule has 1 aromatic carbocycles. The van der Waals surface area contributed by atoms with Crippen molar-refractivity contribution in [2.24, 2.45) is 5.92 Å². The van der Waals surface area contributed by atoms with E-state index in [-0.39, 0.29) is 31.5 Å². The molecule has 2 aromatic heterocycles. The molecule has 3 heterocycles. The molecule has 34 heavy (non-hydrogen) atoms. The molecule has 0 spiro atoms. The van der Waals surface area contributed by atoms with Gasteiger partial charge in [0.15, 0.2) is 0 Å². The lowest BCUT2D eigenvalue weighted by Gasteiger charge is -2.30. The summed E-state index contributed by atoms with van der Waals surface area (Å²) < 4.78 is 32.4. The van der Waals surface area contributed by atoms with Gasteiger partial charge in [-0.2, -0.15) is 4.31 Å². The molecule has 0 saturated carbocycles. The van der Waals surface area contributed by atoms with Gasteiger partial charge in [-0.1, -0.05) is 29.8 Å². The molecule has 0 bridgehead atoms. The van der Waals surface area contributed by atoms with Gasteiger partial charge in [0, 0.05) is 35.0 Å². The summed E-state index contributed by atoms with van der Waals surface area (Å²) in [5, 5.41) is 7.43. The topological polar surface area (TPSA) is 92.8 Å². The summed E-state index contributed by atoms with van der Waals surface area (Å²) in [5.41, 5.74) is 1.75. The zero-order chi connectivity index (χ0) is 24.3. The van der Waals surface area contributed by atoms with E-state index in [1.807, 2.05) is 12.1 Å². The average Bonchev–Trinajstić information content (AvgIpc) is 3.51. The third-order valence-electron chi connectivity index (χ3n) is 5.58. The van der Waals surface area contributed by atoms with Gasteiger partial charge in [0.2, 0.25) is 5.91 Å². The Bertz CT molecular complexity index is 1260. The molecule has 11 heteroatoms. The van der Waals surface area contributed by atoms with Gasteiger partial charge in [-0.25, -0.2) is 13.2 Å². The van der Waals surface area contributed by atoms with Crippen LogP contribution in [0.2, 0.25) is 5.02 Å². The Morgan fingerprint density at radius 2 is 1.85 bits per heavy atom. The van der Waals surface area contributed by atoms with E-state index >= 15 is 0 Å². The van der Waals surface area contributed by atoms with Crippen molar-refractivity contribution >= 4 is 61.2 Å². The number of amides is 1. The van der Waals surface area contributed by atoms with Gasteiger partial charge in [-0.3, -0.25) is 4.79 Å². The van der Waals surface area contributed by atoms with E-state index in [1.165, 1.54) is 27.0 Å². The van der Waals surface area contributed by atoms with Gasteiger partial charge in [-0.05, 0) is 48.9 Å². The second kappa shape index (κ2) is 10.6. The number of hydrogen-bond acceptors (Lipinski definition) is 7. The van der Waals surface area contributed by atoms with Crippen LogP contribution in [0.3, 0.4) is 0 Å². The highest BCUT2D eigenvalue weighted by Gasteiger charge is 2.33. The number of hydrogen-bond donors (Lipinski definition) is 1. The molecular formula is C23H23ClN2O5S3. The van der Waals surface area contributed by atoms with Crippen LogP contribution in [0, 0.1) is 5.92 Å². The maximum Gasteiger partial charge on any atom is 0.341 e. The minimum Gasteiger partial charge on any atom is -0.462 e. The zero-order valence-electron chi connectivity index (χ0n) is 18.3. The maximum absolute atomic E-state index is 13.0. The molecular weight excluding hydrogens is 516 g/mol. The number of halogens is 1. The average molecular weight is 539 g/mol. The molecule has 4 rings (SSSR count). The summed E-state index contributed by atoms with van der Waals surface area (Å²) >= 11 is 8.43. The second-order valence-electron chi connectivity index (χ2n) is 7.68.